The maximum atomic E-state index is 13.0. The minimum Gasteiger partial charge on any atom is -0.477 e. The second-order valence-corrected chi connectivity index (χ2v) is 28.3. The summed E-state index contributed by atoms with van der Waals surface area (Å²) < 4.78 is 23.1. The van der Waals surface area contributed by atoms with Crippen LogP contribution in [-0.4, -0.2) is 87.4 Å². The number of esters is 2. The van der Waals surface area contributed by atoms with Crippen LogP contribution in [0.1, 0.15) is 386 Å². The molecule has 0 bridgehead atoms. The number of quaternary nitrogens is 1. The molecule has 0 aromatic carbocycles. The molecule has 0 spiro atoms. The van der Waals surface area contributed by atoms with E-state index in [1.54, 1.807) is 0 Å². The van der Waals surface area contributed by atoms with Gasteiger partial charge in [0.15, 0.2) is 6.10 Å². The van der Waals surface area contributed by atoms with Crippen molar-refractivity contribution in [3.63, 3.8) is 0 Å². The van der Waals surface area contributed by atoms with Gasteiger partial charge in [-0.2, -0.15) is 0 Å². The van der Waals surface area contributed by atoms with E-state index in [2.05, 4.69) is 86.8 Å². The van der Waals surface area contributed by atoms with Crippen LogP contribution in [0.25, 0.3) is 0 Å². The number of carboxylic acids is 1. The van der Waals surface area contributed by atoms with Crippen LogP contribution < -0.4 is 0 Å². The Morgan fingerprint density at radius 1 is 0.333 bits per heavy atom. The molecule has 542 valence electrons. The Hall–Kier alpha value is -3.27. The number of rotatable bonds is 75. The quantitative estimate of drug-likeness (QED) is 0.0211. The normalized spacial score (nSPS) is 13.0. The lowest BCUT2D eigenvalue weighted by Crippen LogP contribution is -2.40. The van der Waals surface area contributed by atoms with E-state index in [-0.39, 0.29) is 38.2 Å². The minimum absolute atomic E-state index is 0.177. The summed E-state index contributed by atoms with van der Waals surface area (Å²) in [7, 11) is 6.00. The smallest absolute Gasteiger partial charge is 0.361 e. The highest BCUT2D eigenvalue weighted by atomic mass is 16.7. The third kappa shape index (κ3) is 76.0. The van der Waals surface area contributed by atoms with Gasteiger partial charge in [0.1, 0.15) is 13.2 Å². The van der Waals surface area contributed by atoms with Crippen LogP contribution in [0, 0.1) is 0 Å². The largest absolute Gasteiger partial charge is 0.477 e. The molecule has 0 radical (unpaired) electrons. The Kier molecular flexibility index (Phi) is 71.9. The van der Waals surface area contributed by atoms with E-state index in [0.717, 1.165) is 70.6 Å². The van der Waals surface area contributed by atoms with E-state index in [0.29, 0.717) is 17.4 Å². The van der Waals surface area contributed by atoms with Crippen LogP contribution in [0.5, 0.6) is 0 Å². The summed E-state index contributed by atoms with van der Waals surface area (Å²) >= 11 is 0. The van der Waals surface area contributed by atoms with Gasteiger partial charge in [0.2, 0.25) is 0 Å². The van der Waals surface area contributed by atoms with Crippen LogP contribution in [0.3, 0.4) is 0 Å². The van der Waals surface area contributed by atoms with Gasteiger partial charge in [0, 0.05) is 12.8 Å². The summed E-state index contributed by atoms with van der Waals surface area (Å²) in [5.74, 6) is -1.98. The first-order valence-corrected chi connectivity index (χ1v) is 40.1. The number of hydrogen-bond donors (Lipinski definition) is 1. The molecule has 1 N–H and O–H groups in total. The molecule has 0 aliphatic carbocycles. The molecule has 2 atom stereocenters. The Bertz CT molecular complexity index is 1760. The maximum absolute atomic E-state index is 13.0. The molecule has 2 unspecified atom stereocenters. The zero-order chi connectivity index (χ0) is 67.5. The molecule has 0 aliphatic rings. The van der Waals surface area contributed by atoms with E-state index in [9.17, 15) is 19.5 Å². The SMILES string of the molecule is CC/C=C\C/C=C\C/C=C\C/C=C\C/C=C\CCCCCCCCCCCCCCCCCCCCCCCCCCCC(=O)OC(COC(=O)CCCCCCCCCCCCCCCCC/C=C\CCCCCCCCCC)COC(OCC[N+](C)(C)C)C(=O)O. The first kappa shape index (κ1) is 89.7. The Labute approximate surface area is 577 Å². The van der Waals surface area contributed by atoms with Crippen molar-refractivity contribution in [2.45, 2.75) is 399 Å². The maximum Gasteiger partial charge on any atom is 0.361 e. The Morgan fingerprint density at radius 2 is 0.613 bits per heavy atom. The first-order chi connectivity index (χ1) is 45.6. The first-order valence-electron chi connectivity index (χ1n) is 40.1. The molecule has 0 saturated heterocycles. The van der Waals surface area contributed by atoms with E-state index in [4.69, 9.17) is 18.9 Å². The molecular formula is C84H154NO8+. The molecular weight excluding hydrogens is 1150 g/mol. The summed E-state index contributed by atoms with van der Waals surface area (Å²) in [6.07, 6.45) is 97.8. The van der Waals surface area contributed by atoms with Crippen molar-refractivity contribution < 1.29 is 42.9 Å². The zero-order valence-electron chi connectivity index (χ0n) is 62.2. The Balaban J connectivity index is 3.95. The van der Waals surface area contributed by atoms with E-state index in [1.807, 2.05) is 21.1 Å². The van der Waals surface area contributed by atoms with Crippen molar-refractivity contribution in [2.75, 3.05) is 47.5 Å². The highest BCUT2D eigenvalue weighted by Crippen LogP contribution is 2.19. The van der Waals surface area contributed by atoms with Crippen molar-refractivity contribution in [3.8, 4) is 0 Å². The monoisotopic (exact) mass is 1310 g/mol. The molecule has 0 fully saturated rings. The van der Waals surface area contributed by atoms with Gasteiger partial charge in [-0.1, -0.05) is 363 Å². The average molecular weight is 1310 g/mol. The number of likely N-dealkylation sites (N-methyl/N-ethyl adjacent to an activating group) is 1. The molecule has 0 amide bonds. The van der Waals surface area contributed by atoms with Gasteiger partial charge in [0.25, 0.3) is 6.29 Å². The third-order valence-electron chi connectivity index (χ3n) is 17.9. The molecule has 0 saturated carbocycles. The fourth-order valence-corrected chi connectivity index (χ4v) is 11.9. The number of ether oxygens (including phenoxy) is 4. The third-order valence-corrected chi connectivity index (χ3v) is 17.9. The molecule has 0 aromatic rings. The molecule has 0 rings (SSSR count). The van der Waals surface area contributed by atoms with E-state index >= 15 is 0 Å². The molecule has 9 heteroatoms. The summed E-state index contributed by atoms with van der Waals surface area (Å²) in [5, 5.41) is 9.77. The van der Waals surface area contributed by atoms with Gasteiger partial charge in [-0.25, -0.2) is 4.79 Å². The highest BCUT2D eigenvalue weighted by Gasteiger charge is 2.25. The van der Waals surface area contributed by atoms with Gasteiger partial charge < -0.3 is 28.5 Å². The molecule has 9 nitrogen and oxygen atoms in total. The van der Waals surface area contributed by atoms with Crippen LogP contribution in [-0.2, 0) is 33.3 Å². The second kappa shape index (κ2) is 74.5. The lowest BCUT2D eigenvalue weighted by atomic mass is 10.0. The molecule has 0 heterocycles. The van der Waals surface area contributed by atoms with Crippen LogP contribution >= 0.6 is 0 Å². The molecule has 0 aliphatic heterocycles. The van der Waals surface area contributed by atoms with Crippen LogP contribution in [0.2, 0.25) is 0 Å². The predicted octanol–water partition coefficient (Wildman–Crippen LogP) is 25.6. The lowest BCUT2D eigenvalue weighted by Gasteiger charge is -2.25. The average Bonchev–Trinajstić information content (AvgIpc) is 3.38. The van der Waals surface area contributed by atoms with E-state index in [1.165, 1.54) is 289 Å². The van der Waals surface area contributed by atoms with Gasteiger partial charge in [-0.3, -0.25) is 9.59 Å². The summed E-state index contributed by atoms with van der Waals surface area (Å²) in [6, 6.07) is 0. The molecule has 93 heavy (non-hydrogen) atoms. The van der Waals surface area contributed by atoms with Gasteiger partial charge >= 0.3 is 17.9 Å². The number of carbonyl (C=O) groups excluding carboxylic acids is 2. The van der Waals surface area contributed by atoms with Gasteiger partial charge in [0.05, 0.1) is 34.4 Å². The zero-order valence-corrected chi connectivity index (χ0v) is 62.2. The van der Waals surface area contributed by atoms with E-state index < -0.39 is 18.4 Å². The van der Waals surface area contributed by atoms with Crippen molar-refractivity contribution in [1.29, 1.82) is 0 Å². The van der Waals surface area contributed by atoms with Crippen molar-refractivity contribution in [3.05, 3.63) is 72.9 Å². The Morgan fingerprint density at radius 3 is 0.925 bits per heavy atom. The topological polar surface area (TPSA) is 108 Å². The fourth-order valence-electron chi connectivity index (χ4n) is 11.9. The predicted molar refractivity (Wildman–Crippen MR) is 401 cm³/mol. The lowest BCUT2D eigenvalue weighted by molar-refractivity contribution is -0.870. The number of carboxylic acid groups (broad SMARTS) is 1. The van der Waals surface area contributed by atoms with Gasteiger partial charge in [-0.05, 0) is 83.5 Å². The number of unbranched alkanes of at least 4 members (excludes halogenated alkanes) is 48. The van der Waals surface area contributed by atoms with Gasteiger partial charge in [-0.15, -0.1) is 0 Å². The second-order valence-electron chi connectivity index (χ2n) is 28.3. The standard InChI is InChI=1S/C84H153NO8/c1-6-8-10-12-14-16-18-20-22-24-26-28-30-32-34-35-36-37-38-39-40-41-42-43-44-45-46-47-49-51-53-55-57-59-61-63-65-67-69-71-73-75-82(87)93-80(79-92-84(83(88)89)90-77-76-85(3,4)5)78-91-81(86)74-72-70-68-66-64-62-60-58-56-54-52-50-48-33-31-29-27-25-23-21-19-17-15-13-11-9-7-2/h8,10,14,16,20,22,25-28,32,34,80,84H,6-7,9,11-13,15,17-19,21,23-24,29-31,33,35-79H2,1-5H3/p+1/b10-8-,16-14-,22-20-,27-25-,28-26-,34-32-. The van der Waals surface area contributed by atoms with Crippen LogP contribution in [0.15, 0.2) is 72.9 Å². The van der Waals surface area contributed by atoms with Crippen LogP contribution in [0.4, 0.5) is 0 Å². The van der Waals surface area contributed by atoms with Crippen molar-refractivity contribution >= 4 is 17.9 Å². The molecule has 0 aromatic heterocycles. The highest BCUT2D eigenvalue weighted by molar-refractivity contribution is 5.71. The summed E-state index contributed by atoms with van der Waals surface area (Å²) in [5.41, 5.74) is 0. The van der Waals surface area contributed by atoms with Crippen molar-refractivity contribution in [1.82, 2.24) is 0 Å². The number of carbonyl (C=O) groups is 3. The summed E-state index contributed by atoms with van der Waals surface area (Å²) in [4.78, 5) is 37.7. The number of hydrogen-bond acceptors (Lipinski definition) is 7. The minimum atomic E-state index is -1.51. The summed E-state index contributed by atoms with van der Waals surface area (Å²) in [6.45, 7) is 4.83. The number of allylic oxidation sites excluding steroid dienone is 12. The number of aliphatic carboxylic acids is 1. The number of nitrogens with zero attached hydrogens (tertiary/aromatic N) is 1. The fraction of sp³-hybridized carbons (Fsp3) is 0.821. The van der Waals surface area contributed by atoms with Crippen molar-refractivity contribution in [2.24, 2.45) is 0 Å².